The first-order valence-electron chi connectivity index (χ1n) is 17.9. The lowest BCUT2D eigenvalue weighted by Crippen LogP contribution is -2.37. The molecular weight excluding hydrogens is 628 g/mol. The summed E-state index contributed by atoms with van der Waals surface area (Å²) in [6.07, 6.45) is 11.3. The zero-order chi connectivity index (χ0) is 36.5. The lowest BCUT2D eigenvalue weighted by molar-refractivity contribution is -0.151. The molecule has 2 aliphatic rings. The van der Waals surface area contributed by atoms with Crippen LogP contribution in [-0.2, 0) is 30.3 Å². The van der Waals surface area contributed by atoms with Gasteiger partial charge >= 0.3 is 17.9 Å². The molecule has 0 amide bonds. The van der Waals surface area contributed by atoms with Crippen molar-refractivity contribution in [3.05, 3.63) is 45.9 Å². The molecule has 0 saturated heterocycles. The van der Waals surface area contributed by atoms with Gasteiger partial charge in [-0.05, 0) is 87.8 Å². The Bertz CT molecular complexity index is 1390. The molecule has 0 aromatic heterocycles. The second-order valence-electron chi connectivity index (χ2n) is 14.9. The Hall–Kier alpha value is -3.37. The van der Waals surface area contributed by atoms with Crippen molar-refractivity contribution >= 4 is 17.9 Å². The van der Waals surface area contributed by atoms with Gasteiger partial charge in [0.05, 0.1) is 6.61 Å². The van der Waals surface area contributed by atoms with Crippen molar-refractivity contribution in [1.29, 1.82) is 0 Å². The van der Waals surface area contributed by atoms with Crippen LogP contribution in [0.15, 0.2) is 23.7 Å². The molecule has 2 aliphatic heterocycles. The van der Waals surface area contributed by atoms with E-state index < -0.39 is 48.2 Å². The minimum atomic E-state index is -1.59. The summed E-state index contributed by atoms with van der Waals surface area (Å²) >= 11 is 0. The minimum Gasteiger partial charge on any atom is -0.505 e. The summed E-state index contributed by atoms with van der Waals surface area (Å²) in [6, 6.07) is 0. The normalized spacial score (nSPS) is 21.0. The van der Waals surface area contributed by atoms with Crippen molar-refractivity contribution in [1.82, 2.24) is 0 Å². The Morgan fingerprint density at radius 2 is 1.47 bits per heavy atom. The molecular formula is C39H58O10. The number of carbonyl (C=O) groups excluding carboxylic acids is 3. The number of aliphatic hydroxyl groups is 3. The maximum atomic E-state index is 12.7. The molecule has 1 aromatic rings. The number of rotatable bonds is 18. The molecule has 0 spiro atoms. The van der Waals surface area contributed by atoms with E-state index in [1.807, 2.05) is 20.8 Å². The zero-order valence-corrected chi connectivity index (χ0v) is 30.7. The fourth-order valence-corrected chi connectivity index (χ4v) is 6.73. The molecule has 0 radical (unpaired) electrons. The van der Waals surface area contributed by atoms with Gasteiger partial charge in [0.2, 0.25) is 0 Å². The van der Waals surface area contributed by atoms with Crippen LogP contribution < -0.4 is 9.47 Å². The highest BCUT2D eigenvalue weighted by Gasteiger charge is 2.41. The number of hydrogen-bond acceptors (Lipinski definition) is 10. The van der Waals surface area contributed by atoms with Gasteiger partial charge < -0.3 is 34.3 Å². The molecule has 0 bridgehead atoms. The minimum absolute atomic E-state index is 0.269. The highest BCUT2D eigenvalue weighted by atomic mass is 16.6. The molecule has 5 unspecified atom stereocenters. The second kappa shape index (κ2) is 18.0. The topological polar surface area (TPSA) is 149 Å². The molecule has 3 N–H and O–H groups in total. The Morgan fingerprint density at radius 1 is 0.898 bits per heavy atom. The van der Waals surface area contributed by atoms with E-state index >= 15 is 0 Å². The van der Waals surface area contributed by atoms with Crippen LogP contribution in [0.25, 0.3) is 0 Å². The van der Waals surface area contributed by atoms with Crippen molar-refractivity contribution in [3.8, 4) is 11.5 Å². The number of ether oxygens (including phenoxy) is 4. The molecule has 0 saturated carbocycles. The van der Waals surface area contributed by atoms with Crippen LogP contribution in [0.3, 0.4) is 0 Å². The van der Waals surface area contributed by atoms with Gasteiger partial charge in [-0.3, -0.25) is 0 Å². The third-order valence-electron chi connectivity index (χ3n) is 10.1. The number of fused-ring (bicyclic) bond motifs is 1. The van der Waals surface area contributed by atoms with Gasteiger partial charge in [-0.1, -0.05) is 72.6 Å². The predicted molar refractivity (Wildman–Crippen MR) is 186 cm³/mol. The average molecular weight is 687 g/mol. The third kappa shape index (κ3) is 11.1. The summed E-state index contributed by atoms with van der Waals surface area (Å²) in [5, 5.41) is 28.7. The Balaban J connectivity index is 1.53. The van der Waals surface area contributed by atoms with E-state index in [2.05, 4.69) is 34.6 Å². The summed E-state index contributed by atoms with van der Waals surface area (Å²) in [6.45, 7) is 16.5. The lowest BCUT2D eigenvalue weighted by atomic mass is 9.83. The van der Waals surface area contributed by atoms with Gasteiger partial charge in [0.25, 0.3) is 5.76 Å². The Kier molecular flexibility index (Phi) is 14.7. The maximum Gasteiger partial charge on any atom is 0.378 e. The number of carbonyl (C=O) groups is 3. The molecule has 10 nitrogen and oxygen atoms in total. The van der Waals surface area contributed by atoms with E-state index in [9.17, 15) is 24.6 Å². The SMILES string of the molecule is Cc1c(C)c2c(c(C)c1OC(=O)C=CC(=O)OC1=C(O)C(C(O)CO)OC1=O)CCC(C)(CCCC(C)CCCC(C)CCCC(C)C)O2. The molecule has 274 valence electrons. The summed E-state index contributed by atoms with van der Waals surface area (Å²) in [5.41, 5.74) is 3.19. The van der Waals surface area contributed by atoms with Gasteiger partial charge in [-0.2, -0.15) is 0 Å². The Morgan fingerprint density at radius 3 is 2.06 bits per heavy atom. The van der Waals surface area contributed by atoms with Gasteiger partial charge in [0, 0.05) is 17.7 Å². The highest BCUT2D eigenvalue weighted by Crippen LogP contribution is 2.45. The first-order valence-corrected chi connectivity index (χ1v) is 17.9. The van der Waals surface area contributed by atoms with Crippen LogP contribution in [0.5, 0.6) is 11.5 Å². The number of aliphatic hydroxyl groups excluding tert-OH is 3. The second-order valence-corrected chi connectivity index (χ2v) is 14.9. The molecule has 0 aliphatic carbocycles. The van der Waals surface area contributed by atoms with E-state index in [0.29, 0.717) is 11.7 Å². The van der Waals surface area contributed by atoms with Gasteiger partial charge in [-0.15, -0.1) is 0 Å². The fraction of sp³-hybridized carbons (Fsp3) is 0.667. The maximum absolute atomic E-state index is 12.7. The van der Waals surface area contributed by atoms with Crippen LogP contribution in [-0.4, -0.2) is 57.6 Å². The van der Waals surface area contributed by atoms with E-state index in [0.717, 1.165) is 77.7 Å². The zero-order valence-electron chi connectivity index (χ0n) is 30.7. The quantitative estimate of drug-likeness (QED) is 0.0823. The molecule has 10 heteroatoms. The van der Waals surface area contributed by atoms with Crippen molar-refractivity contribution in [2.45, 2.75) is 144 Å². The van der Waals surface area contributed by atoms with Crippen LogP contribution in [0.2, 0.25) is 0 Å². The first kappa shape index (κ1) is 40.1. The van der Waals surface area contributed by atoms with Crippen molar-refractivity contribution in [2.75, 3.05) is 6.61 Å². The molecule has 3 rings (SSSR count). The van der Waals surface area contributed by atoms with Crippen LogP contribution in [0, 0.1) is 38.5 Å². The largest absolute Gasteiger partial charge is 0.505 e. The van der Waals surface area contributed by atoms with Crippen LogP contribution in [0.1, 0.15) is 121 Å². The molecule has 1 aromatic carbocycles. The molecule has 49 heavy (non-hydrogen) atoms. The fourth-order valence-electron chi connectivity index (χ4n) is 6.73. The molecule has 5 atom stereocenters. The number of benzene rings is 1. The summed E-state index contributed by atoms with van der Waals surface area (Å²) < 4.78 is 21.9. The molecule has 2 heterocycles. The van der Waals surface area contributed by atoms with E-state index in [4.69, 9.17) is 24.1 Å². The van der Waals surface area contributed by atoms with E-state index in [1.54, 1.807) is 0 Å². The standard InChI is InChI=1S/C39H58O10/c1-23(2)12-9-13-24(3)14-10-15-25(4)16-11-20-39(8)21-19-29-28(7)34(26(5)27(6)35(29)49-39)46-31(42)17-18-32(43)47-37-33(44)36(30(41)22-40)48-38(37)45/h17-18,23-25,30,36,40-41,44H,9-16,19-22H2,1-8H3. The van der Waals surface area contributed by atoms with Gasteiger partial charge in [0.15, 0.2) is 11.9 Å². The Labute approximate surface area is 291 Å². The smallest absolute Gasteiger partial charge is 0.378 e. The predicted octanol–water partition coefficient (Wildman–Crippen LogP) is 7.19. The first-order chi connectivity index (χ1) is 23.1. The van der Waals surface area contributed by atoms with E-state index in [-0.39, 0.29) is 5.60 Å². The van der Waals surface area contributed by atoms with Crippen LogP contribution >= 0.6 is 0 Å². The van der Waals surface area contributed by atoms with Crippen molar-refractivity contribution in [2.24, 2.45) is 17.8 Å². The van der Waals surface area contributed by atoms with Crippen LogP contribution in [0.4, 0.5) is 0 Å². The monoisotopic (exact) mass is 686 g/mol. The van der Waals surface area contributed by atoms with Gasteiger partial charge in [-0.25, -0.2) is 14.4 Å². The van der Waals surface area contributed by atoms with E-state index in [1.165, 1.54) is 44.9 Å². The van der Waals surface area contributed by atoms with Gasteiger partial charge in [0.1, 0.15) is 23.2 Å². The lowest BCUT2D eigenvalue weighted by Gasteiger charge is -2.38. The average Bonchev–Trinajstić information content (AvgIpc) is 3.32. The molecule has 0 fully saturated rings. The highest BCUT2D eigenvalue weighted by molar-refractivity contribution is 5.97. The number of cyclic esters (lactones) is 1. The third-order valence-corrected chi connectivity index (χ3v) is 10.1. The summed E-state index contributed by atoms with van der Waals surface area (Å²) in [4.78, 5) is 36.9. The summed E-state index contributed by atoms with van der Waals surface area (Å²) in [7, 11) is 0. The number of esters is 3. The summed E-state index contributed by atoms with van der Waals surface area (Å²) in [5.74, 6) is -1.28. The number of hydrogen-bond donors (Lipinski definition) is 3. The van der Waals surface area contributed by atoms with Crippen molar-refractivity contribution < 1.29 is 48.7 Å². The van der Waals surface area contributed by atoms with Crippen molar-refractivity contribution in [3.63, 3.8) is 0 Å².